The summed E-state index contributed by atoms with van der Waals surface area (Å²) in [5, 5.41) is 10.7. The quantitative estimate of drug-likeness (QED) is 0.832. The molecule has 116 valence electrons. The first-order chi connectivity index (χ1) is 10.0. The van der Waals surface area contributed by atoms with Crippen molar-refractivity contribution >= 4 is 23.4 Å². The zero-order valence-electron chi connectivity index (χ0n) is 12.9. The van der Waals surface area contributed by atoms with Crippen molar-refractivity contribution in [1.29, 1.82) is 0 Å². The van der Waals surface area contributed by atoms with Crippen LogP contribution in [0.3, 0.4) is 0 Å². The maximum Gasteiger partial charge on any atom is 0.328 e. The number of carboxylic acids is 1. The van der Waals surface area contributed by atoms with Crippen molar-refractivity contribution in [3.63, 3.8) is 0 Å². The number of likely N-dealkylation sites (tertiary alicyclic amines) is 1. The van der Waals surface area contributed by atoms with Gasteiger partial charge in [0.05, 0.1) is 0 Å². The third-order valence-electron chi connectivity index (χ3n) is 4.28. The lowest BCUT2D eigenvalue weighted by molar-refractivity contribution is -0.131. The van der Waals surface area contributed by atoms with E-state index in [-0.39, 0.29) is 0 Å². The van der Waals surface area contributed by atoms with Crippen molar-refractivity contribution in [3.8, 4) is 0 Å². The van der Waals surface area contributed by atoms with Gasteiger partial charge in [-0.1, -0.05) is 13.8 Å². The Hall–Kier alpha value is -1.13. The third kappa shape index (κ3) is 5.29. The Balaban J connectivity index is 1.88. The molecule has 1 N–H and O–H groups in total. The maximum atomic E-state index is 10.5. The van der Waals surface area contributed by atoms with E-state index in [2.05, 4.69) is 24.8 Å². The van der Waals surface area contributed by atoms with Crippen LogP contribution in [0.15, 0.2) is 17.5 Å². The molecule has 0 aromatic carbocycles. The van der Waals surface area contributed by atoms with Crippen LogP contribution in [0.5, 0.6) is 0 Å². The fourth-order valence-electron chi connectivity index (χ4n) is 2.96. The molecule has 1 aliphatic rings. The number of carbonyl (C=O) groups is 1. The fraction of sp³-hybridized carbons (Fsp3) is 0.588. The van der Waals surface area contributed by atoms with Crippen LogP contribution < -0.4 is 0 Å². The Morgan fingerprint density at radius 2 is 2.29 bits per heavy atom. The molecule has 21 heavy (non-hydrogen) atoms. The summed E-state index contributed by atoms with van der Waals surface area (Å²) in [6, 6.07) is 2.11. The van der Waals surface area contributed by atoms with Gasteiger partial charge in [0.15, 0.2) is 0 Å². The van der Waals surface area contributed by atoms with E-state index < -0.39 is 5.97 Å². The summed E-state index contributed by atoms with van der Waals surface area (Å²) >= 11 is 1.72. The van der Waals surface area contributed by atoms with E-state index in [1.807, 2.05) is 5.38 Å². The van der Waals surface area contributed by atoms with Crippen LogP contribution in [0.4, 0.5) is 0 Å². The molecule has 1 aliphatic heterocycles. The minimum atomic E-state index is -0.894. The van der Waals surface area contributed by atoms with Crippen LogP contribution in [-0.4, -0.2) is 29.1 Å². The van der Waals surface area contributed by atoms with Gasteiger partial charge in [0.2, 0.25) is 0 Å². The highest BCUT2D eigenvalue weighted by Crippen LogP contribution is 2.26. The van der Waals surface area contributed by atoms with Crippen LogP contribution in [0.1, 0.15) is 43.6 Å². The van der Waals surface area contributed by atoms with Crippen LogP contribution in [0.25, 0.3) is 6.08 Å². The second-order valence-electron chi connectivity index (χ2n) is 6.23. The highest BCUT2D eigenvalue weighted by atomic mass is 32.1. The fourth-order valence-corrected chi connectivity index (χ4v) is 3.86. The zero-order chi connectivity index (χ0) is 15.2. The zero-order valence-corrected chi connectivity index (χ0v) is 13.7. The lowest BCUT2D eigenvalue weighted by Crippen LogP contribution is -2.24. The second-order valence-corrected chi connectivity index (χ2v) is 7.22. The number of hydrogen-bond donors (Lipinski definition) is 1. The molecule has 0 aliphatic carbocycles. The van der Waals surface area contributed by atoms with Gasteiger partial charge in [0, 0.05) is 17.5 Å². The summed E-state index contributed by atoms with van der Waals surface area (Å²) in [5.74, 6) is 0.766. The number of thiophene rings is 1. The molecule has 2 rings (SSSR count). The molecule has 2 heterocycles. The maximum absolute atomic E-state index is 10.5. The predicted octanol–water partition coefficient (Wildman–Crippen LogP) is 4.10. The van der Waals surface area contributed by atoms with Crippen LogP contribution in [0.2, 0.25) is 0 Å². The molecule has 0 amide bonds. The molecule has 4 heteroatoms. The van der Waals surface area contributed by atoms with Gasteiger partial charge in [0.25, 0.3) is 0 Å². The lowest BCUT2D eigenvalue weighted by Gasteiger charge is -2.20. The van der Waals surface area contributed by atoms with Gasteiger partial charge in [0.1, 0.15) is 0 Å². The van der Waals surface area contributed by atoms with Gasteiger partial charge < -0.3 is 5.11 Å². The van der Waals surface area contributed by atoms with Gasteiger partial charge in [-0.15, -0.1) is 11.3 Å². The van der Waals surface area contributed by atoms with E-state index >= 15 is 0 Å². The van der Waals surface area contributed by atoms with E-state index in [1.54, 1.807) is 17.4 Å². The summed E-state index contributed by atoms with van der Waals surface area (Å²) in [6.45, 7) is 8.03. The second kappa shape index (κ2) is 7.76. The minimum absolute atomic E-state index is 0.791. The molecule has 0 saturated carbocycles. The van der Waals surface area contributed by atoms with Gasteiger partial charge in [-0.2, -0.15) is 0 Å². The Kier molecular flexibility index (Phi) is 6.00. The average molecular weight is 307 g/mol. The molecule has 0 spiro atoms. The van der Waals surface area contributed by atoms with E-state index in [9.17, 15) is 4.79 Å². The number of rotatable bonds is 5. The van der Waals surface area contributed by atoms with E-state index in [0.717, 1.165) is 23.9 Å². The first-order valence-corrected chi connectivity index (χ1v) is 8.63. The highest BCUT2D eigenvalue weighted by Gasteiger charge is 2.19. The Labute approximate surface area is 131 Å². The van der Waals surface area contributed by atoms with Crippen molar-refractivity contribution < 1.29 is 9.90 Å². The Morgan fingerprint density at radius 3 is 3.00 bits per heavy atom. The van der Waals surface area contributed by atoms with Gasteiger partial charge in [-0.3, -0.25) is 4.90 Å². The summed E-state index contributed by atoms with van der Waals surface area (Å²) in [4.78, 5) is 14.4. The Bertz CT molecular complexity index is 493. The molecular formula is C17H25NO2S. The van der Waals surface area contributed by atoms with E-state index in [0.29, 0.717) is 0 Å². The van der Waals surface area contributed by atoms with E-state index in [1.165, 1.54) is 43.3 Å². The number of nitrogens with zero attached hydrogens (tertiary/aromatic N) is 1. The molecular weight excluding hydrogens is 282 g/mol. The van der Waals surface area contributed by atoms with Gasteiger partial charge in [-0.25, -0.2) is 4.79 Å². The normalized spacial score (nSPS) is 21.0. The minimum Gasteiger partial charge on any atom is -0.478 e. The van der Waals surface area contributed by atoms with Gasteiger partial charge >= 0.3 is 5.97 Å². The molecule has 0 radical (unpaired) electrons. The van der Waals surface area contributed by atoms with E-state index in [4.69, 9.17) is 5.11 Å². The summed E-state index contributed by atoms with van der Waals surface area (Å²) in [6.07, 6.45) is 6.81. The molecule has 1 unspecified atom stereocenters. The van der Waals surface area contributed by atoms with Gasteiger partial charge in [-0.05, 0) is 67.3 Å². The van der Waals surface area contributed by atoms with Crippen molar-refractivity contribution in [3.05, 3.63) is 28.0 Å². The topological polar surface area (TPSA) is 40.5 Å². The smallest absolute Gasteiger partial charge is 0.328 e. The predicted molar refractivity (Wildman–Crippen MR) is 88.4 cm³/mol. The lowest BCUT2D eigenvalue weighted by atomic mass is 9.89. The van der Waals surface area contributed by atoms with Crippen LogP contribution in [0, 0.1) is 11.8 Å². The summed E-state index contributed by atoms with van der Waals surface area (Å²) in [5.41, 5.74) is 0.993. The summed E-state index contributed by atoms with van der Waals surface area (Å²) in [7, 11) is 0. The standard InChI is InChI=1S/C17H25NO2S/c1-13(2)15-4-3-8-18(9-7-15)11-16-10-14(12-21-16)5-6-17(19)20/h5-6,10,12-13,15H,3-4,7-9,11H2,1-2H3,(H,19,20). The number of aliphatic carboxylic acids is 1. The molecule has 3 nitrogen and oxygen atoms in total. The highest BCUT2D eigenvalue weighted by molar-refractivity contribution is 7.10. The Morgan fingerprint density at radius 1 is 1.48 bits per heavy atom. The number of hydrogen-bond acceptors (Lipinski definition) is 3. The van der Waals surface area contributed by atoms with Crippen LogP contribution >= 0.6 is 11.3 Å². The molecule has 1 fully saturated rings. The third-order valence-corrected chi connectivity index (χ3v) is 5.22. The first kappa shape index (κ1) is 16.2. The monoisotopic (exact) mass is 307 g/mol. The molecule has 1 saturated heterocycles. The van der Waals surface area contributed by atoms with Crippen molar-refractivity contribution in [2.45, 2.75) is 39.7 Å². The molecule has 1 atom stereocenters. The SMILES string of the molecule is CC(C)C1CCCN(Cc2cc(C=CC(=O)O)cs2)CC1. The van der Waals surface area contributed by atoms with Crippen molar-refractivity contribution in [2.24, 2.45) is 11.8 Å². The first-order valence-electron chi connectivity index (χ1n) is 7.75. The summed E-state index contributed by atoms with van der Waals surface area (Å²) < 4.78 is 0. The van der Waals surface area contributed by atoms with Crippen molar-refractivity contribution in [2.75, 3.05) is 13.1 Å². The molecule has 1 aromatic heterocycles. The largest absolute Gasteiger partial charge is 0.478 e. The molecule has 1 aromatic rings. The average Bonchev–Trinajstić information content (AvgIpc) is 2.73. The van der Waals surface area contributed by atoms with Crippen molar-refractivity contribution in [1.82, 2.24) is 4.90 Å². The molecule has 0 bridgehead atoms. The number of carboxylic acid groups (broad SMARTS) is 1. The van der Waals surface area contributed by atoms with Crippen LogP contribution in [-0.2, 0) is 11.3 Å².